The molecule has 1 heterocycles. The molecule has 0 saturated heterocycles. The average Bonchev–Trinajstić information content (AvgIpc) is 2.53. The third kappa shape index (κ3) is 7.07. The molecule has 0 aromatic carbocycles. The Bertz CT molecular complexity index is 488. The summed E-state index contributed by atoms with van der Waals surface area (Å²) in [5.41, 5.74) is 2.75. The van der Waals surface area contributed by atoms with E-state index in [0.717, 1.165) is 19.4 Å². The van der Waals surface area contributed by atoms with Crippen LogP contribution in [0, 0.1) is 17.8 Å². The van der Waals surface area contributed by atoms with Gasteiger partial charge in [0, 0.05) is 17.9 Å². The molecule has 1 rings (SSSR count). The maximum atomic E-state index is 2.51. The van der Waals surface area contributed by atoms with E-state index in [9.17, 15) is 0 Å². The van der Waals surface area contributed by atoms with E-state index >= 15 is 0 Å². The molecule has 0 amide bonds. The Morgan fingerprint density at radius 2 is 2.00 bits per heavy atom. The molecule has 2 atom stereocenters. The van der Waals surface area contributed by atoms with Gasteiger partial charge in [0.05, 0.1) is 0 Å². The predicted octanol–water partition coefficient (Wildman–Crippen LogP) is 6.49. The van der Waals surface area contributed by atoms with Crippen LogP contribution in [0.2, 0.25) is 0 Å². The summed E-state index contributed by atoms with van der Waals surface area (Å²) < 4.78 is 0. The van der Waals surface area contributed by atoms with Crippen LogP contribution < -0.4 is 0 Å². The monoisotopic (exact) mass is 313 g/mol. The van der Waals surface area contributed by atoms with Gasteiger partial charge >= 0.3 is 0 Å². The zero-order valence-corrected chi connectivity index (χ0v) is 15.9. The minimum Gasteiger partial charge on any atom is -0.345 e. The molecule has 0 fully saturated rings. The highest BCUT2D eigenvalue weighted by molar-refractivity contribution is 5.24. The first-order valence-electron chi connectivity index (χ1n) is 9.13. The second kappa shape index (κ2) is 10.3. The molecule has 0 bridgehead atoms. The molecule has 1 heteroatoms. The van der Waals surface area contributed by atoms with Crippen LogP contribution in [0.3, 0.4) is 0 Å². The third-order valence-electron chi connectivity index (χ3n) is 4.11. The van der Waals surface area contributed by atoms with E-state index in [1.807, 2.05) is 0 Å². The molecule has 1 aliphatic rings. The molecular weight excluding hydrogens is 278 g/mol. The molecule has 0 N–H and O–H groups in total. The van der Waals surface area contributed by atoms with Crippen LogP contribution >= 0.6 is 0 Å². The lowest BCUT2D eigenvalue weighted by molar-refractivity contribution is 0.382. The first-order valence-corrected chi connectivity index (χ1v) is 9.13. The summed E-state index contributed by atoms with van der Waals surface area (Å²) in [7, 11) is 0. The molecule has 23 heavy (non-hydrogen) atoms. The van der Waals surface area contributed by atoms with Gasteiger partial charge < -0.3 is 4.90 Å². The van der Waals surface area contributed by atoms with Gasteiger partial charge in [0.2, 0.25) is 0 Å². The summed E-state index contributed by atoms with van der Waals surface area (Å²) in [6.07, 6.45) is 20.4. The zero-order valence-electron chi connectivity index (χ0n) is 15.9. The maximum Gasteiger partial charge on any atom is 0.0361 e. The molecule has 1 nitrogen and oxygen atoms in total. The van der Waals surface area contributed by atoms with Gasteiger partial charge in [-0.2, -0.15) is 0 Å². The summed E-state index contributed by atoms with van der Waals surface area (Å²) in [6, 6.07) is 0. The van der Waals surface area contributed by atoms with E-state index in [4.69, 9.17) is 0 Å². The summed E-state index contributed by atoms with van der Waals surface area (Å²) in [4.78, 5) is 2.51. The highest BCUT2D eigenvalue weighted by Gasteiger charge is 2.15. The second-order valence-electron chi connectivity index (χ2n) is 6.94. The minimum absolute atomic E-state index is 0.519. The maximum absolute atomic E-state index is 2.51. The average molecular weight is 314 g/mol. The summed E-state index contributed by atoms with van der Waals surface area (Å²) in [5, 5.41) is 0. The highest BCUT2D eigenvalue weighted by Crippen LogP contribution is 2.23. The largest absolute Gasteiger partial charge is 0.345 e. The first-order chi connectivity index (χ1) is 11.0. The fraction of sp³-hybridized carbons (Fsp3) is 0.545. The van der Waals surface area contributed by atoms with Crippen molar-refractivity contribution in [3.05, 3.63) is 60.0 Å². The van der Waals surface area contributed by atoms with Gasteiger partial charge in [-0.05, 0) is 43.6 Å². The SMILES string of the molecule is C/C=C(\C=C/C(C)C)N1CC(C)/C=C\C=C/CC(C)/C=C\1CC. The molecule has 0 radical (unpaired) electrons. The van der Waals surface area contributed by atoms with Gasteiger partial charge in [-0.1, -0.05) is 77.2 Å². The Labute approximate surface area is 144 Å². The molecule has 1 aliphatic heterocycles. The molecule has 0 aromatic heterocycles. The number of rotatable bonds is 4. The van der Waals surface area contributed by atoms with Crippen molar-refractivity contribution >= 4 is 0 Å². The van der Waals surface area contributed by atoms with Crippen LogP contribution in [0.4, 0.5) is 0 Å². The quantitative estimate of drug-likeness (QED) is 0.536. The Morgan fingerprint density at radius 1 is 1.26 bits per heavy atom. The van der Waals surface area contributed by atoms with Crippen molar-refractivity contribution in [3.8, 4) is 0 Å². The Kier molecular flexibility index (Phi) is 8.76. The standard InChI is InChI=1S/C22H35N/c1-7-21(15-14-18(3)4)23-17-20(6)13-11-9-10-12-19(5)16-22(23)8-2/h7,9-11,13-16,18-20H,8,12,17H2,1-6H3/b10-9-,13-11-,15-14-,21-7+,22-16-. The zero-order chi connectivity index (χ0) is 17.2. The van der Waals surface area contributed by atoms with Crippen molar-refractivity contribution in [3.63, 3.8) is 0 Å². The van der Waals surface area contributed by atoms with E-state index in [0.29, 0.717) is 17.8 Å². The Morgan fingerprint density at radius 3 is 2.61 bits per heavy atom. The second-order valence-corrected chi connectivity index (χ2v) is 6.94. The van der Waals surface area contributed by atoms with Gasteiger partial charge in [0.15, 0.2) is 0 Å². The molecule has 0 saturated carbocycles. The molecule has 0 spiro atoms. The van der Waals surface area contributed by atoms with E-state index in [2.05, 4.69) is 95.1 Å². The van der Waals surface area contributed by atoms with Crippen LogP contribution in [0.5, 0.6) is 0 Å². The van der Waals surface area contributed by atoms with E-state index in [1.54, 1.807) is 0 Å². The van der Waals surface area contributed by atoms with Crippen LogP contribution in [0.25, 0.3) is 0 Å². The number of nitrogens with zero attached hydrogens (tertiary/aromatic N) is 1. The van der Waals surface area contributed by atoms with Gasteiger partial charge in [0.1, 0.15) is 0 Å². The van der Waals surface area contributed by atoms with E-state index in [-0.39, 0.29) is 0 Å². The number of hydrogen-bond donors (Lipinski definition) is 0. The topological polar surface area (TPSA) is 3.24 Å². The fourth-order valence-electron chi connectivity index (χ4n) is 2.79. The lowest BCUT2D eigenvalue weighted by Gasteiger charge is -2.31. The minimum atomic E-state index is 0.519. The van der Waals surface area contributed by atoms with E-state index < -0.39 is 0 Å². The van der Waals surface area contributed by atoms with Crippen LogP contribution in [0.15, 0.2) is 60.0 Å². The summed E-state index contributed by atoms with van der Waals surface area (Å²) in [5.74, 6) is 1.66. The van der Waals surface area contributed by atoms with Crippen molar-refractivity contribution < 1.29 is 0 Å². The summed E-state index contributed by atoms with van der Waals surface area (Å²) in [6.45, 7) is 14.5. The van der Waals surface area contributed by atoms with Crippen molar-refractivity contribution in [1.82, 2.24) is 4.90 Å². The van der Waals surface area contributed by atoms with Gasteiger partial charge in [-0.3, -0.25) is 0 Å². The van der Waals surface area contributed by atoms with Gasteiger partial charge in [0.25, 0.3) is 0 Å². The molecular formula is C22H35N. The van der Waals surface area contributed by atoms with Crippen LogP contribution in [-0.4, -0.2) is 11.4 Å². The van der Waals surface area contributed by atoms with Gasteiger partial charge in [-0.15, -0.1) is 0 Å². The first kappa shape index (κ1) is 19.5. The normalized spacial score (nSPS) is 29.3. The summed E-state index contributed by atoms with van der Waals surface area (Å²) >= 11 is 0. The van der Waals surface area contributed by atoms with Crippen molar-refractivity contribution in [1.29, 1.82) is 0 Å². The highest BCUT2D eigenvalue weighted by atomic mass is 15.1. The number of allylic oxidation sites excluding steroid dienone is 8. The molecule has 0 aliphatic carbocycles. The predicted molar refractivity (Wildman–Crippen MR) is 104 cm³/mol. The molecule has 128 valence electrons. The van der Waals surface area contributed by atoms with Crippen molar-refractivity contribution in [2.75, 3.05) is 6.54 Å². The third-order valence-corrected chi connectivity index (χ3v) is 4.11. The van der Waals surface area contributed by atoms with E-state index in [1.165, 1.54) is 11.4 Å². The van der Waals surface area contributed by atoms with Gasteiger partial charge in [-0.25, -0.2) is 0 Å². The smallest absolute Gasteiger partial charge is 0.0361 e. The Balaban J connectivity index is 3.20. The lowest BCUT2D eigenvalue weighted by Crippen LogP contribution is -2.26. The van der Waals surface area contributed by atoms with Crippen LogP contribution in [-0.2, 0) is 0 Å². The fourth-order valence-corrected chi connectivity index (χ4v) is 2.79. The lowest BCUT2D eigenvalue weighted by atomic mass is 10.0. The van der Waals surface area contributed by atoms with Crippen molar-refractivity contribution in [2.45, 2.75) is 54.4 Å². The molecule has 0 aromatic rings. The van der Waals surface area contributed by atoms with Crippen LogP contribution in [0.1, 0.15) is 54.4 Å². The number of hydrogen-bond acceptors (Lipinski definition) is 1. The molecule has 2 unspecified atom stereocenters. The van der Waals surface area contributed by atoms with Crippen molar-refractivity contribution in [2.24, 2.45) is 17.8 Å². The Hall–Kier alpha value is -1.50.